The smallest absolute Gasteiger partial charge is 0.302 e. The maximum absolute atomic E-state index is 11.2. The minimum absolute atomic E-state index is 0.0981. The molecule has 4 saturated carbocycles. The molecule has 0 saturated heterocycles. The summed E-state index contributed by atoms with van der Waals surface area (Å²) in [5, 5.41) is 0. The van der Waals surface area contributed by atoms with Crippen LogP contribution in [0.25, 0.3) is 0 Å². The van der Waals surface area contributed by atoms with Gasteiger partial charge in [0.05, 0.1) is 0 Å². The minimum atomic E-state index is -0.0981. The number of esters is 1. The summed E-state index contributed by atoms with van der Waals surface area (Å²) in [5.74, 6) is 6.74. The first-order valence-electron chi connectivity index (χ1n) is 9.30. The Morgan fingerprint density at radius 3 is 2.38 bits per heavy atom. The molecule has 4 rings (SSSR count). The van der Waals surface area contributed by atoms with E-state index in [9.17, 15) is 4.79 Å². The molecule has 8 unspecified atom stereocenters. The maximum Gasteiger partial charge on any atom is 0.302 e. The number of carbonyl (C=O) groups excluding carboxylic acids is 1. The fraction of sp³-hybridized carbons (Fsp3) is 0.947. The van der Waals surface area contributed by atoms with Crippen molar-refractivity contribution >= 4 is 5.97 Å². The molecule has 8 atom stereocenters. The number of ether oxygens (including phenoxy) is 1. The lowest BCUT2D eigenvalue weighted by atomic mass is 9.65. The number of fused-ring (bicyclic) bond motifs is 5. The number of hydrogen-bond donors (Lipinski definition) is 0. The van der Waals surface area contributed by atoms with Gasteiger partial charge in [-0.05, 0) is 86.4 Å². The van der Waals surface area contributed by atoms with Crippen LogP contribution in [0.4, 0.5) is 0 Å². The zero-order valence-electron chi connectivity index (χ0n) is 13.6. The molecule has 4 aliphatic carbocycles. The highest BCUT2D eigenvalue weighted by molar-refractivity contribution is 5.66. The topological polar surface area (TPSA) is 26.3 Å². The molecule has 0 amide bonds. The molecular weight excluding hydrogens is 260 g/mol. The number of carbonyl (C=O) groups is 1. The van der Waals surface area contributed by atoms with Gasteiger partial charge < -0.3 is 4.74 Å². The SMILES string of the molecule is CC(=O)OC1CCC(C2CC3CC2C2CCCC32)CC1C. The van der Waals surface area contributed by atoms with Crippen LogP contribution in [0.3, 0.4) is 0 Å². The summed E-state index contributed by atoms with van der Waals surface area (Å²) in [4.78, 5) is 11.2. The summed E-state index contributed by atoms with van der Waals surface area (Å²) >= 11 is 0. The molecule has 2 nitrogen and oxygen atoms in total. The van der Waals surface area contributed by atoms with Crippen molar-refractivity contribution in [2.24, 2.45) is 41.4 Å². The Bertz CT molecular complexity index is 418. The molecule has 0 aromatic carbocycles. The fourth-order valence-electron chi connectivity index (χ4n) is 6.85. The molecule has 2 bridgehead atoms. The molecule has 0 aromatic heterocycles. The van der Waals surface area contributed by atoms with E-state index in [4.69, 9.17) is 4.74 Å². The first kappa shape index (κ1) is 14.1. The summed E-state index contributed by atoms with van der Waals surface area (Å²) in [6.07, 6.45) is 11.5. The Balaban J connectivity index is 1.39. The van der Waals surface area contributed by atoms with Crippen molar-refractivity contribution in [3.05, 3.63) is 0 Å². The van der Waals surface area contributed by atoms with Crippen LogP contribution in [0.5, 0.6) is 0 Å². The van der Waals surface area contributed by atoms with Crippen LogP contribution in [-0.4, -0.2) is 12.1 Å². The second-order valence-corrected chi connectivity index (χ2v) is 8.52. The third-order valence-electron chi connectivity index (χ3n) is 7.53. The molecule has 0 N–H and O–H groups in total. The van der Waals surface area contributed by atoms with Gasteiger partial charge in [-0.15, -0.1) is 0 Å². The lowest BCUT2D eigenvalue weighted by Crippen LogP contribution is -2.37. The standard InChI is InChI=1S/C19H30O2/c1-11-8-13(6-7-19(11)21-12(2)20)17-9-14-10-18(17)16-5-3-4-15(14)16/h11,13-19H,3-10H2,1-2H3. The van der Waals surface area contributed by atoms with Crippen LogP contribution in [0.15, 0.2) is 0 Å². The van der Waals surface area contributed by atoms with Gasteiger partial charge in [-0.1, -0.05) is 13.3 Å². The molecule has 118 valence electrons. The molecular formula is C19H30O2. The molecule has 0 aliphatic heterocycles. The van der Waals surface area contributed by atoms with Gasteiger partial charge in [0.1, 0.15) is 6.10 Å². The number of hydrogen-bond acceptors (Lipinski definition) is 2. The van der Waals surface area contributed by atoms with Crippen molar-refractivity contribution in [1.82, 2.24) is 0 Å². The van der Waals surface area contributed by atoms with Gasteiger partial charge in [0.25, 0.3) is 0 Å². The molecule has 21 heavy (non-hydrogen) atoms. The highest BCUT2D eigenvalue weighted by Crippen LogP contribution is 2.63. The van der Waals surface area contributed by atoms with Crippen LogP contribution in [-0.2, 0) is 9.53 Å². The second-order valence-electron chi connectivity index (χ2n) is 8.52. The van der Waals surface area contributed by atoms with Crippen molar-refractivity contribution in [3.8, 4) is 0 Å². The van der Waals surface area contributed by atoms with Gasteiger partial charge in [0.15, 0.2) is 0 Å². The molecule has 0 spiro atoms. The average molecular weight is 290 g/mol. The van der Waals surface area contributed by atoms with Gasteiger partial charge in [-0.25, -0.2) is 0 Å². The van der Waals surface area contributed by atoms with Gasteiger partial charge in [-0.2, -0.15) is 0 Å². The van der Waals surface area contributed by atoms with Crippen molar-refractivity contribution in [1.29, 1.82) is 0 Å². The van der Waals surface area contributed by atoms with E-state index in [2.05, 4.69) is 6.92 Å². The maximum atomic E-state index is 11.2. The van der Waals surface area contributed by atoms with E-state index >= 15 is 0 Å². The summed E-state index contributed by atoms with van der Waals surface area (Å²) in [5.41, 5.74) is 0. The van der Waals surface area contributed by atoms with E-state index in [1.165, 1.54) is 38.5 Å². The average Bonchev–Trinajstić information content (AvgIpc) is 3.11. The highest BCUT2D eigenvalue weighted by atomic mass is 16.5. The van der Waals surface area contributed by atoms with E-state index in [-0.39, 0.29) is 12.1 Å². The van der Waals surface area contributed by atoms with Crippen LogP contribution < -0.4 is 0 Å². The van der Waals surface area contributed by atoms with Crippen LogP contribution in [0.2, 0.25) is 0 Å². The Kier molecular flexibility index (Phi) is 3.54. The third kappa shape index (κ3) is 2.33. The van der Waals surface area contributed by atoms with Crippen LogP contribution >= 0.6 is 0 Å². The minimum Gasteiger partial charge on any atom is -0.462 e. The molecule has 2 heteroatoms. The van der Waals surface area contributed by atoms with E-state index in [1.54, 1.807) is 13.3 Å². The predicted octanol–water partition coefficient (Wildman–Crippen LogP) is 4.43. The van der Waals surface area contributed by atoms with Crippen molar-refractivity contribution < 1.29 is 9.53 Å². The summed E-state index contributed by atoms with van der Waals surface area (Å²) in [6, 6.07) is 0. The first-order chi connectivity index (χ1) is 10.1. The zero-order chi connectivity index (χ0) is 14.6. The van der Waals surface area contributed by atoms with Gasteiger partial charge >= 0.3 is 5.97 Å². The molecule has 0 radical (unpaired) electrons. The monoisotopic (exact) mass is 290 g/mol. The predicted molar refractivity (Wildman–Crippen MR) is 82.6 cm³/mol. The zero-order valence-corrected chi connectivity index (χ0v) is 13.6. The lowest BCUT2D eigenvalue weighted by molar-refractivity contribution is -0.151. The van der Waals surface area contributed by atoms with Crippen LogP contribution in [0, 0.1) is 41.4 Å². The first-order valence-corrected chi connectivity index (χ1v) is 9.30. The van der Waals surface area contributed by atoms with Gasteiger partial charge in [-0.3, -0.25) is 4.79 Å². The quantitative estimate of drug-likeness (QED) is 0.703. The Labute approximate surface area is 129 Å². The van der Waals surface area contributed by atoms with Crippen molar-refractivity contribution in [2.75, 3.05) is 0 Å². The van der Waals surface area contributed by atoms with E-state index in [1.807, 2.05) is 0 Å². The van der Waals surface area contributed by atoms with Crippen molar-refractivity contribution in [2.45, 2.75) is 71.3 Å². The second kappa shape index (κ2) is 5.28. The summed E-state index contributed by atoms with van der Waals surface area (Å²) in [6.45, 7) is 3.85. The van der Waals surface area contributed by atoms with Gasteiger partial charge in [0.2, 0.25) is 0 Å². The van der Waals surface area contributed by atoms with E-state index < -0.39 is 0 Å². The Morgan fingerprint density at radius 1 is 0.857 bits per heavy atom. The largest absolute Gasteiger partial charge is 0.462 e. The molecule has 0 heterocycles. The molecule has 0 aromatic rings. The molecule has 4 fully saturated rings. The summed E-state index contributed by atoms with van der Waals surface area (Å²) < 4.78 is 5.51. The van der Waals surface area contributed by atoms with E-state index in [0.717, 1.165) is 41.9 Å². The fourth-order valence-corrected chi connectivity index (χ4v) is 6.85. The lowest BCUT2D eigenvalue weighted by Gasteiger charge is -2.41. The van der Waals surface area contributed by atoms with Crippen molar-refractivity contribution in [3.63, 3.8) is 0 Å². The van der Waals surface area contributed by atoms with Crippen LogP contribution in [0.1, 0.15) is 65.2 Å². The third-order valence-corrected chi connectivity index (χ3v) is 7.53. The number of rotatable bonds is 2. The van der Waals surface area contributed by atoms with E-state index in [0.29, 0.717) is 5.92 Å². The highest BCUT2D eigenvalue weighted by Gasteiger charge is 2.55. The molecule has 4 aliphatic rings. The normalized spacial score (nSPS) is 51.9. The Morgan fingerprint density at radius 2 is 1.62 bits per heavy atom. The Hall–Kier alpha value is -0.530. The van der Waals surface area contributed by atoms with Gasteiger partial charge in [0, 0.05) is 6.92 Å². The summed E-state index contributed by atoms with van der Waals surface area (Å²) in [7, 11) is 0.